The number of aromatic amines is 1. The van der Waals surface area contributed by atoms with E-state index in [2.05, 4.69) is 20.5 Å². The second-order valence-corrected chi connectivity index (χ2v) is 8.48. The average molecular weight is 444 g/mol. The van der Waals surface area contributed by atoms with Crippen molar-refractivity contribution in [1.82, 2.24) is 20.0 Å². The first kappa shape index (κ1) is 20.0. The van der Waals surface area contributed by atoms with Crippen molar-refractivity contribution in [2.75, 3.05) is 7.11 Å². The zero-order valence-electron chi connectivity index (χ0n) is 17.8. The van der Waals surface area contributed by atoms with Gasteiger partial charge in [0.15, 0.2) is 0 Å². The molecule has 0 unspecified atom stereocenters. The maximum Gasteiger partial charge on any atom is 0.283 e. The highest BCUT2D eigenvalue weighted by molar-refractivity contribution is 7.21. The Morgan fingerprint density at radius 2 is 2.06 bits per heavy atom. The molecule has 32 heavy (non-hydrogen) atoms. The first-order valence-electron chi connectivity index (χ1n) is 10.1. The van der Waals surface area contributed by atoms with Crippen LogP contribution in [0.4, 0.5) is 0 Å². The number of benzene rings is 1. The Hall–Kier alpha value is -3.91. The normalized spacial score (nSPS) is 11.6. The second-order valence-electron chi connectivity index (χ2n) is 7.49. The zero-order valence-corrected chi connectivity index (χ0v) is 18.7. The van der Waals surface area contributed by atoms with E-state index in [-0.39, 0.29) is 5.91 Å². The van der Waals surface area contributed by atoms with Crippen molar-refractivity contribution >= 4 is 44.6 Å². The van der Waals surface area contributed by atoms with Crippen LogP contribution in [0.15, 0.2) is 60.1 Å². The molecule has 0 saturated heterocycles. The average Bonchev–Trinajstić information content (AvgIpc) is 3.51. The van der Waals surface area contributed by atoms with Crippen LogP contribution >= 0.6 is 11.3 Å². The number of aromatic nitrogens is 3. The van der Waals surface area contributed by atoms with Crippen LogP contribution in [0.1, 0.15) is 26.5 Å². The summed E-state index contributed by atoms with van der Waals surface area (Å²) in [6.07, 6.45) is 7.34. The molecule has 1 amide bonds. The maximum atomic E-state index is 13.1. The number of aryl methyl sites for hydroxylation is 2. The molecule has 0 aliphatic heterocycles. The summed E-state index contributed by atoms with van der Waals surface area (Å²) >= 11 is 1.37. The number of carbonyl (C=O) groups excluding carboxylic acids is 1. The molecule has 2 N–H and O–H groups in total. The van der Waals surface area contributed by atoms with Crippen LogP contribution in [0.2, 0.25) is 0 Å². The second kappa shape index (κ2) is 7.97. The predicted octanol–water partition coefficient (Wildman–Crippen LogP) is 4.96. The molecule has 0 aliphatic rings. The zero-order chi connectivity index (χ0) is 22.2. The number of carbonyl (C=O) groups is 1. The highest BCUT2D eigenvalue weighted by Crippen LogP contribution is 2.35. The van der Waals surface area contributed by atoms with Crippen molar-refractivity contribution in [3.8, 4) is 11.4 Å². The molecule has 0 atom stereocenters. The van der Waals surface area contributed by atoms with Crippen LogP contribution in [0.25, 0.3) is 26.8 Å². The van der Waals surface area contributed by atoms with Gasteiger partial charge in [-0.15, -0.1) is 11.3 Å². The van der Waals surface area contributed by atoms with E-state index in [1.807, 2.05) is 73.4 Å². The number of nitrogens with zero attached hydrogens (tertiary/aromatic N) is 3. The molecular formula is C24H21N5O2S. The molecule has 160 valence electrons. The lowest BCUT2D eigenvalue weighted by atomic mass is 10.1. The van der Waals surface area contributed by atoms with Crippen molar-refractivity contribution in [2.24, 2.45) is 5.10 Å². The van der Waals surface area contributed by atoms with Gasteiger partial charge in [-0.3, -0.25) is 4.79 Å². The molecule has 8 heteroatoms. The Morgan fingerprint density at radius 1 is 1.25 bits per heavy atom. The van der Waals surface area contributed by atoms with Crippen molar-refractivity contribution in [3.05, 3.63) is 76.7 Å². The molecule has 0 radical (unpaired) electrons. The third-order valence-corrected chi connectivity index (χ3v) is 6.39. The van der Waals surface area contributed by atoms with Gasteiger partial charge in [0.1, 0.15) is 15.5 Å². The molecule has 7 nitrogen and oxygen atoms in total. The fourth-order valence-corrected chi connectivity index (χ4v) is 5.06. The summed E-state index contributed by atoms with van der Waals surface area (Å²) in [5.41, 5.74) is 7.34. The summed E-state index contributed by atoms with van der Waals surface area (Å²) in [4.78, 5) is 22.4. The van der Waals surface area contributed by atoms with Gasteiger partial charge < -0.3 is 14.3 Å². The molecule has 4 heterocycles. The van der Waals surface area contributed by atoms with Gasteiger partial charge in [-0.1, -0.05) is 0 Å². The lowest BCUT2D eigenvalue weighted by Gasteiger charge is -2.07. The van der Waals surface area contributed by atoms with E-state index in [1.54, 1.807) is 13.3 Å². The number of thiophene rings is 1. The van der Waals surface area contributed by atoms with Gasteiger partial charge in [0.05, 0.1) is 19.0 Å². The lowest BCUT2D eigenvalue weighted by molar-refractivity contribution is 0.0959. The number of hydrogen-bond donors (Lipinski definition) is 2. The van der Waals surface area contributed by atoms with Crippen LogP contribution in [0.5, 0.6) is 5.75 Å². The highest BCUT2D eigenvalue weighted by Gasteiger charge is 2.22. The smallest absolute Gasteiger partial charge is 0.283 e. The number of fused-ring (bicyclic) bond motifs is 2. The van der Waals surface area contributed by atoms with E-state index in [9.17, 15) is 4.79 Å². The quantitative estimate of drug-likeness (QED) is 0.297. The minimum atomic E-state index is -0.276. The lowest BCUT2D eigenvalue weighted by Crippen LogP contribution is -2.18. The molecular weight excluding hydrogens is 422 g/mol. The number of H-pyrrole nitrogens is 1. The molecule has 5 rings (SSSR count). The number of amides is 1. The summed E-state index contributed by atoms with van der Waals surface area (Å²) < 4.78 is 7.26. The van der Waals surface area contributed by atoms with E-state index in [0.717, 1.165) is 49.4 Å². The summed E-state index contributed by atoms with van der Waals surface area (Å²) in [5.74, 6) is 0.484. The van der Waals surface area contributed by atoms with Gasteiger partial charge in [-0.25, -0.2) is 10.4 Å². The monoisotopic (exact) mass is 443 g/mol. The molecule has 0 saturated carbocycles. The van der Waals surface area contributed by atoms with Gasteiger partial charge in [-0.2, -0.15) is 5.10 Å². The number of hydrazone groups is 1. The molecule has 4 aromatic heterocycles. The van der Waals surface area contributed by atoms with Crippen LogP contribution in [-0.4, -0.2) is 33.8 Å². The maximum absolute atomic E-state index is 13.1. The molecule has 0 bridgehead atoms. The number of hydrogen-bond acceptors (Lipinski definition) is 5. The summed E-state index contributed by atoms with van der Waals surface area (Å²) in [5, 5.41) is 6.17. The van der Waals surface area contributed by atoms with Gasteiger partial charge >= 0.3 is 0 Å². The van der Waals surface area contributed by atoms with Gasteiger partial charge in [-0.05, 0) is 55.8 Å². The van der Waals surface area contributed by atoms with Crippen LogP contribution in [-0.2, 0) is 0 Å². The molecule has 0 fully saturated rings. The van der Waals surface area contributed by atoms with E-state index in [0.29, 0.717) is 4.88 Å². The van der Waals surface area contributed by atoms with E-state index in [4.69, 9.17) is 4.74 Å². The molecule has 0 aliphatic carbocycles. The number of pyridine rings is 1. The minimum absolute atomic E-state index is 0.276. The van der Waals surface area contributed by atoms with Crippen LogP contribution in [0, 0.1) is 13.8 Å². The predicted molar refractivity (Wildman–Crippen MR) is 128 cm³/mol. The molecule has 0 spiro atoms. The van der Waals surface area contributed by atoms with Crippen LogP contribution < -0.4 is 10.2 Å². The first-order valence-corrected chi connectivity index (χ1v) is 10.9. The summed E-state index contributed by atoms with van der Waals surface area (Å²) in [6.45, 7) is 4.00. The van der Waals surface area contributed by atoms with Crippen LogP contribution in [0.3, 0.4) is 0 Å². The van der Waals surface area contributed by atoms with E-state index >= 15 is 0 Å². The van der Waals surface area contributed by atoms with Gasteiger partial charge in [0, 0.05) is 46.1 Å². The summed E-state index contributed by atoms with van der Waals surface area (Å²) in [6, 6.07) is 11.7. The third-order valence-electron chi connectivity index (χ3n) is 5.32. The van der Waals surface area contributed by atoms with Crippen molar-refractivity contribution in [1.29, 1.82) is 0 Å². The largest absolute Gasteiger partial charge is 0.497 e. The molecule has 1 aromatic carbocycles. The number of methoxy groups -OCH3 is 1. The number of rotatable bonds is 5. The standard InChI is InChI=1S/C24H21N5O2S/c1-14-10-15(2)27-24-20(14)21(29-8-4-5-9-29)22(32-24)23(30)28-26-13-16-12-25-19-7-6-17(31-3)11-18(16)19/h4-13,25H,1-3H3,(H,28,30)/b26-13+. The topological polar surface area (TPSA) is 84.3 Å². The number of ether oxygens (including phenoxy) is 1. The Morgan fingerprint density at radius 3 is 2.84 bits per heavy atom. The van der Waals surface area contributed by atoms with Crippen molar-refractivity contribution in [2.45, 2.75) is 13.8 Å². The fourth-order valence-electron chi connectivity index (χ4n) is 3.87. The Bertz CT molecular complexity index is 1480. The van der Waals surface area contributed by atoms with E-state index < -0.39 is 0 Å². The van der Waals surface area contributed by atoms with Crippen molar-refractivity contribution in [3.63, 3.8) is 0 Å². The Kier molecular flexibility index (Phi) is 4.99. The highest BCUT2D eigenvalue weighted by atomic mass is 32.1. The van der Waals surface area contributed by atoms with Gasteiger partial charge in [0.2, 0.25) is 0 Å². The van der Waals surface area contributed by atoms with E-state index in [1.165, 1.54) is 11.3 Å². The fraction of sp³-hybridized carbons (Fsp3) is 0.125. The first-order chi connectivity index (χ1) is 15.5. The van der Waals surface area contributed by atoms with Gasteiger partial charge in [0.25, 0.3) is 5.91 Å². The Balaban J connectivity index is 1.49. The molecule has 5 aromatic rings. The third kappa shape index (κ3) is 3.44. The minimum Gasteiger partial charge on any atom is -0.497 e. The number of nitrogens with one attached hydrogen (secondary N) is 2. The summed E-state index contributed by atoms with van der Waals surface area (Å²) in [7, 11) is 1.63. The van der Waals surface area contributed by atoms with Crippen molar-refractivity contribution < 1.29 is 9.53 Å². The Labute approximate surface area is 188 Å². The SMILES string of the molecule is COc1ccc2[nH]cc(/C=N/NC(=O)c3sc4nc(C)cc(C)c4c3-n3cccc3)c2c1.